The zero-order valence-corrected chi connectivity index (χ0v) is 9.99. The fourth-order valence-electron chi connectivity index (χ4n) is 1.15. The van der Waals surface area contributed by atoms with Crippen molar-refractivity contribution < 1.29 is 4.79 Å². The minimum Gasteiger partial charge on any atom is -0.358 e. The molecule has 6 nitrogen and oxygen atoms in total. The van der Waals surface area contributed by atoms with Crippen molar-refractivity contribution in [2.75, 3.05) is 12.8 Å². The number of carbonyl (C=O) groups is 1. The molecule has 0 bridgehead atoms. The lowest BCUT2D eigenvalue weighted by Crippen LogP contribution is -2.19. The molecule has 17 heavy (non-hydrogen) atoms. The number of carbonyl (C=O) groups excluding carboxylic acids is 1. The van der Waals surface area contributed by atoms with E-state index in [1.807, 2.05) is 12.1 Å². The highest BCUT2D eigenvalue weighted by atomic mass is 32.2. The van der Waals surface area contributed by atoms with Crippen molar-refractivity contribution in [1.29, 1.82) is 0 Å². The molecule has 2 aromatic rings. The van der Waals surface area contributed by atoms with Crippen molar-refractivity contribution in [1.82, 2.24) is 25.5 Å². The Hall–Kier alpha value is -1.89. The molecule has 88 valence electrons. The summed E-state index contributed by atoms with van der Waals surface area (Å²) in [4.78, 5) is 19.3. The van der Waals surface area contributed by atoms with Crippen LogP contribution >= 0.6 is 11.8 Å². The molecule has 2 rings (SSSR count). The van der Waals surface area contributed by atoms with Crippen molar-refractivity contribution in [2.45, 2.75) is 5.16 Å². The Morgan fingerprint density at radius 3 is 2.94 bits per heavy atom. The van der Waals surface area contributed by atoms with E-state index in [2.05, 4.69) is 25.5 Å². The number of hydrogen-bond donors (Lipinski definition) is 2. The van der Waals surface area contributed by atoms with Gasteiger partial charge in [0.15, 0.2) is 5.82 Å². The quantitative estimate of drug-likeness (QED) is 0.779. The molecule has 0 fully saturated rings. The van der Waals surface area contributed by atoms with Gasteiger partial charge in [0.2, 0.25) is 11.1 Å². The average molecular weight is 249 g/mol. The van der Waals surface area contributed by atoms with Crippen LogP contribution in [0.4, 0.5) is 0 Å². The van der Waals surface area contributed by atoms with Crippen molar-refractivity contribution in [3.63, 3.8) is 0 Å². The minimum absolute atomic E-state index is 0.0507. The molecule has 2 heterocycles. The number of hydrogen-bond acceptors (Lipinski definition) is 5. The first-order valence-corrected chi connectivity index (χ1v) is 5.94. The van der Waals surface area contributed by atoms with Crippen molar-refractivity contribution in [3.05, 3.63) is 24.5 Å². The fraction of sp³-hybridized carbons (Fsp3) is 0.200. The van der Waals surface area contributed by atoms with Crippen molar-refractivity contribution in [2.24, 2.45) is 0 Å². The molecule has 0 atom stereocenters. The summed E-state index contributed by atoms with van der Waals surface area (Å²) < 4.78 is 0. The maximum atomic E-state index is 11.1. The van der Waals surface area contributed by atoms with Crippen LogP contribution < -0.4 is 5.32 Å². The number of amides is 1. The zero-order chi connectivity index (χ0) is 12.1. The molecule has 7 heteroatoms. The molecular weight excluding hydrogens is 238 g/mol. The van der Waals surface area contributed by atoms with Gasteiger partial charge < -0.3 is 5.32 Å². The molecule has 0 aliphatic rings. The summed E-state index contributed by atoms with van der Waals surface area (Å²) >= 11 is 1.29. The molecule has 1 amide bonds. The van der Waals surface area contributed by atoms with Crippen LogP contribution in [0.5, 0.6) is 0 Å². The van der Waals surface area contributed by atoms with Crippen LogP contribution in [0.25, 0.3) is 11.4 Å². The molecule has 0 aliphatic carbocycles. The molecule has 0 spiro atoms. The Balaban J connectivity index is 2.04. The number of pyridine rings is 1. The second-order valence-electron chi connectivity index (χ2n) is 3.16. The SMILES string of the molecule is CNC(=O)CSc1n[nH]c(-c2ccncc2)n1. The second-order valence-corrected chi connectivity index (χ2v) is 4.11. The van der Waals surface area contributed by atoms with E-state index in [1.54, 1.807) is 19.4 Å². The Kier molecular flexibility index (Phi) is 3.71. The van der Waals surface area contributed by atoms with Crippen LogP contribution in [0.1, 0.15) is 0 Å². The summed E-state index contributed by atoms with van der Waals surface area (Å²) in [6.45, 7) is 0. The Bertz CT molecular complexity index is 498. The summed E-state index contributed by atoms with van der Waals surface area (Å²) in [5.41, 5.74) is 0.916. The van der Waals surface area contributed by atoms with Crippen molar-refractivity contribution in [3.8, 4) is 11.4 Å². The molecule has 0 aromatic carbocycles. The molecule has 0 unspecified atom stereocenters. The molecule has 0 radical (unpaired) electrons. The lowest BCUT2D eigenvalue weighted by molar-refractivity contribution is -0.118. The number of rotatable bonds is 4. The highest BCUT2D eigenvalue weighted by Gasteiger charge is 2.07. The van der Waals surface area contributed by atoms with Crippen LogP contribution in [0.3, 0.4) is 0 Å². The van der Waals surface area contributed by atoms with E-state index < -0.39 is 0 Å². The van der Waals surface area contributed by atoms with Crippen LogP contribution in [0.15, 0.2) is 29.7 Å². The number of thioether (sulfide) groups is 1. The van der Waals surface area contributed by atoms with Gasteiger partial charge in [0.1, 0.15) is 0 Å². The number of nitrogens with zero attached hydrogens (tertiary/aromatic N) is 3. The van der Waals surface area contributed by atoms with Gasteiger partial charge in [0, 0.05) is 25.0 Å². The van der Waals surface area contributed by atoms with Gasteiger partial charge in [0.05, 0.1) is 5.75 Å². The normalized spacial score (nSPS) is 10.2. The summed E-state index contributed by atoms with van der Waals surface area (Å²) in [7, 11) is 1.60. The molecule has 0 saturated carbocycles. The minimum atomic E-state index is -0.0507. The summed E-state index contributed by atoms with van der Waals surface area (Å²) in [5.74, 6) is 0.932. The summed E-state index contributed by atoms with van der Waals surface area (Å²) in [6, 6.07) is 3.68. The first kappa shape index (κ1) is 11.6. The van der Waals surface area contributed by atoms with E-state index in [1.165, 1.54) is 11.8 Å². The van der Waals surface area contributed by atoms with Gasteiger partial charge in [0.25, 0.3) is 0 Å². The lowest BCUT2D eigenvalue weighted by Gasteiger charge is -1.95. The monoisotopic (exact) mass is 249 g/mol. The Labute approximate surface area is 102 Å². The fourth-order valence-corrected chi connectivity index (χ4v) is 1.82. The molecule has 0 aliphatic heterocycles. The molecule has 0 saturated heterocycles. The smallest absolute Gasteiger partial charge is 0.230 e. The van der Waals surface area contributed by atoms with Gasteiger partial charge in [-0.1, -0.05) is 11.8 Å². The van der Waals surface area contributed by atoms with Gasteiger partial charge in [-0.15, -0.1) is 5.10 Å². The number of H-pyrrole nitrogens is 1. The number of aromatic nitrogens is 4. The highest BCUT2D eigenvalue weighted by molar-refractivity contribution is 7.99. The number of nitrogens with one attached hydrogen (secondary N) is 2. The predicted octanol–water partition coefficient (Wildman–Crippen LogP) is 0.705. The second kappa shape index (κ2) is 5.44. The van der Waals surface area contributed by atoms with Gasteiger partial charge in [-0.25, -0.2) is 4.98 Å². The van der Waals surface area contributed by atoms with E-state index in [4.69, 9.17) is 0 Å². The van der Waals surface area contributed by atoms with E-state index in [-0.39, 0.29) is 5.91 Å². The predicted molar refractivity (Wildman–Crippen MR) is 64.4 cm³/mol. The van der Waals surface area contributed by atoms with Gasteiger partial charge >= 0.3 is 0 Å². The molecular formula is C10H11N5OS. The Morgan fingerprint density at radius 2 is 2.24 bits per heavy atom. The summed E-state index contributed by atoms with van der Waals surface area (Å²) in [6.07, 6.45) is 3.38. The van der Waals surface area contributed by atoms with Crippen LogP contribution in [0, 0.1) is 0 Å². The third-order valence-corrected chi connectivity index (χ3v) is 2.88. The first-order valence-electron chi connectivity index (χ1n) is 4.96. The largest absolute Gasteiger partial charge is 0.358 e. The van der Waals surface area contributed by atoms with Crippen LogP contribution in [0.2, 0.25) is 0 Å². The lowest BCUT2D eigenvalue weighted by atomic mass is 10.3. The maximum Gasteiger partial charge on any atom is 0.230 e. The van der Waals surface area contributed by atoms with Crippen LogP contribution in [-0.4, -0.2) is 38.9 Å². The van der Waals surface area contributed by atoms with Crippen molar-refractivity contribution >= 4 is 17.7 Å². The topological polar surface area (TPSA) is 83.6 Å². The van der Waals surface area contributed by atoms with E-state index >= 15 is 0 Å². The molecule has 2 aromatic heterocycles. The van der Waals surface area contributed by atoms with Gasteiger partial charge in [-0.2, -0.15) is 0 Å². The van der Waals surface area contributed by atoms with E-state index in [9.17, 15) is 4.79 Å². The Morgan fingerprint density at radius 1 is 1.47 bits per heavy atom. The highest BCUT2D eigenvalue weighted by Crippen LogP contribution is 2.17. The first-order chi connectivity index (χ1) is 8.29. The maximum absolute atomic E-state index is 11.1. The standard InChI is InChI=1S/C10H11N5OS/c1-11-8(16)6-17-10-13-9(14-15-10)7-2-4-12-5-3-7/h2-5H,6H2,1H3,(H,11,16)(H,13,14,15). The number of aromatic amines is 1. The van der Waals surface area contributed by atoms with Crippen LogP contribution in [-0.2, 0) is 4.79 Å². The van der Waals surface area contributed by atoms with E-state index in [0.717, 1.165) is 5.56 Å². The third-order valence-electron chi connectivity index (χ3n) is 2.03. The summed E-state index contributed by atoms with van der Waals surface area (Å²) in [5, 5.41) is 9.94. The van der Waals surface area contributed by atoms with E-state index in [0.29, 0.717) is 16.7 Å². The zero-order valence-electron chi connectivity index (χ0n) is 9.17. The van der Waals surface area contributed by atoms with Gasteiger partial charge in [-0.05, 0) is 12.1 Å². The average Bonchev–Trinajstić information content (AvgIpc) is 2.86. The molecule has 2 N–H and O–H groups in total. The van der Waals surface area contributed by atoms with Gasteiger partial charge in [-0.3, -0.25) is 14.9 Å². The third kappa shape index (κ3) is 3.04.